The third kappa shape index (κ3) is 6.68. The van der Waals surface area contributed by atoms with Crippen LogP contribution in [0.1, 0.15) is 200 Å². The van der Waals surface area contributed by atoms with E-state index in [4.69, 9.17) is 4.42 Å². The molecule has 2 atom stereocenters. The molecule has 4 nitrogen and oxygen atoms in total. The number of anilines is 8. The number of para-hydroxylation sites is 2. The molecule has 2 unspecified atom stereocenters. The van der Waals surface area contributed by atoms with Crippen molar-refractivity contribution in [1.82, 2.24) is 0 Å². The summed E-state index contributed by atoms with van der Waals surface area (Å²) in [5, 5.41) is 2.31. The van der Waals surface area contributed by atoms with Gasteiger partial charge in [-0.1, -0.05) is 157 Å². The molecule has 7 aromatic carbocycles. The molecule has 0 N–H and O–H groups in total. The van der Waals surface area contributed by atoms with E-state index in [2.05, 4.69) is 233 Å². The Kier molecular flexibility index (Phi) is 9.98. The first kappa shape index (κ1) is 49.8. The van der Waals surface area contributed by atoms with Crippen molar-refractivity contribution in [1.29, 1.82) is 0 Å². The topological polar surface area (TPSA) is 22.9 Å². The molecular weight excluding hydrogens is 958 g/mol. The molecule has 5 heteroatoms. The molecule has 0 saturated heterocycles. The van der Waals surface area contributed by atoms with Crippen molar-refractivity contribution in [3.05, 3.63) is 160 Å². The average Bonchev–Trinajstić information content (AvgIpc) is 2.91. The van der Waals surface area contributed by atoms with Gasteiger partial charge in [-0.3, -0.25) is 0 Å². The molecule has 15 rings (SSSR count). The molecule has 0 bridgehead atoms. The van der Waals surface area contributed by atoms with Crippen molar-refractivity contribution >= 4 is 90.5 Å². The first-order chi connectivity index (χ1) is 37.3. The fourth-order valence-corrected chi connectivity index (χ4v) is 17.5. The van der Waals surface area contributed by atoms with Crippen LogP contribution < -0.4 is 31.1 Å². The van der Waals surface area contributed by atoms with E-state index in [9.17, 15) is 0 Å². The SMILES string of the molecule is CC1(C)CCC(C)(C)c2cc(N3c4cc5c(cc4B4c6cc7c(cc6N(c6ccc8oc9ccccc9c8c6)c6cc(N8c9ccccc9C9(C)CCCCC89C)cc3c64)C(C)(C)CCC7(C)C)C(C)(C)CCC5(C)C)ccc21. The number of furan rings is 1. The zero-order chi connectivity index (χ0) is 54.9. The summed E-state index contributed by atoms with van der Waals surface area (Å²) in [6, 6.07) is 49.1. The lowest BCUT2D eigenvalue weighted by molar-refractivity contribution is 0.195. The highest BCUT2D eigenvalue weighted by molar-refractivity contribution is 7.00. The number of rotatable bonds is 3. The standard InChI is InChI=1S/C74H82BN3O/c1-67(2)31-32-68(3,4)52-38-46(25-27-50(52)67)77-61-44-56-54(70(7,8)34-36-72(56,11)12)42-58(61)75-57-41-53-55(71(9,10)35-33-69(53,5)6)43-60(57)76(45-26-28-65-49(37-45)48-21-15-18-24-64(48)79-65)62-39-47(40-63(77)66(62)75)78-59-23-17-16-22-51(59)73(13)29-19-20-30-74(73,78)14/h15-18,21-28,37-44H,19-20,29-36H2,1-14H3. The average molecular weight is 1040 g/mol. The van der Waals surface area contributed by atoms with Crippen LogP contribution in [0, 0.1) is 0 Å². The van der Waals surface area contributed by atoms with Crippen molar-refractivity contribution in [2.45, 2.75) is 205 Å². The van der Waals surface area contributed by atoms with E-state index in [0.29, 0.717) is 0 Å². The van der Waals surface area contributed by atoms with Gasteiger partial charge in [-0.25, -0.2) is 0 Å². The van der Waals surface area contributed by atoms with Crippen molar-refractivity contribution in [2.24, 2.45) is 0 Å². The van der Waals surface area contributed by atoms with Crippen molar-refractivity contribution in [2.75, 3.05) is 14.7 Å². The van der Waals surface area contributed by atoms with E-state index in [1.165, 1.54) is 146 Å². The van der Waals surface area contributed by atoms with Crippen LogP contribution in [0.4, 0.5) is 45.5 Å². The van der Waals surface area contributed by atoms with Crippen LogP contribution >= 0.6 is 0 Å². The summed E-state index contributed by atoms with van der Waals surface area (Å²) in [6.07, 6.45) is 11.8. The first-order valence-corrected chi connectivity index (χ1v) is 30.5. The minimum absolute atomic E-state index is 0.00472. The predicted molar refractivity (Wildman–Crippen MR) is 336 cm³/mol. The van der Waals surface area contributed by atoms with E-state index in [1.807, 2.05) is 0 Å². The third-order valence-corrected chi connectivity index (χ3v) is 23.0. The van der Waals surface area contributed by atoms with Crippen LogP contribution in [-0.4, -0.2) is 12.3 Å². The summed E-state index contributed by atoms with van der Waals surface area (Å²) in [6.45, 7) is 35.3. The smallest absolute Gasteiger partial charge is 0.252 e. The Morgan fingerprint density at radius 2 is 0.823 bits per heavy atom. The van der Waals surface area contributed by atoms with Crippen LogP contribution in [0.25, 0.3) is 21.9 Å². The highest BCUT2D eigenvalue weighted by Crippen LogP contribution is 2.63. The maximum absolute atomic E-state index is 6.63. The maximum Gasteiger partial charge on any atom is 0.252 e. The van der Waals surface area contributed by atoms with Gasteiger partial charge >= 0.3 is 0 Å². The first-order valence-electron chi connectivity index (χ1n) is 30.5. The van der Waals surface area contributed by atoms with Crippen molar-refractivity contribution in [3.8, 4) is 0 Å². The highest BCUT2D eigenvalue weighted by Gasteiger charge is 2.58. The second-order valence-electron chi connectivity index (χ2n) is 30.4. The summed E-state index contributed by atoms with van der Waals surface area (Å²) >= 11 is 0. The second kappa shape index (κ2) is 15.8. The lowest BCUT2D eigenvalue weighted by Gasteiger charge is -2.52. The zero-order valence-electron chi connectivity index (χ0n) is 49.9. The molecule has 402 valence electrons. The van der Waals surface area contributed by atoms with Crippen molar-refractivity contribution < 1.29 is 4.42 Å². The van der Waals surface area contributed by atoms with E-state index in [1.54, 1.807) is 0 Å². The van der Waals surface area contributed by atoms with Gasteiger partial charge in [-0.05, 0) is 213 Å². The van der Waals surface area contributed by atoms with E-state index in [0.717, 1.165) is 41.2 Å². The Bertz CT molecular complexity index is 3960. The normalized spacial score (nSPS) is 24.7. The molecule has 4 aliphatic carbocycles. The lowest BCUT2D eigenvalue weighted by Crippen LogP contribution is -2.62. The van der Waals surface area contributed by atoms with Gasteiger partial charge < -0.3 is 19.1 Å². The summed E-state index contributed by atoms with van der Waals surface area (Å²) in [4.78, 5) is 8.36. The van der Waals surface area contributed by atoms with Crippen molar-refractivity contribution in [3.63, 3.8) is 0 Å². The number of hydrogen-bond donors (Lipinski definition) is 0. The quantitative estimate of drug-likeness (QED) is 0.165. The molecule has 1 fully saturated rings. The van der Waals surface area contributed by atoms with Crippen LogP contribution in [0.15, 0.2) is 126 Å². The fraction of sp³-hybridized carbons (Fsp3) is 0.432. The number of hydrogen-bond acceptors (Lipinski definition) is 4. The molecule has 0 spiro atoms. The lowest BCUT2D eigenvalue weighted by atomic mass is 9.32. The summed E-state index contributed by atoms with van der Waals surface area (Å²) in [7, 11) is 0. The van der Waals surface area contributed by atoms with E-state index >= 15 is 0 Å². The van der Waals surface area contributed by atoms with Gasteiger partial charge in [0.15, 0.2) is 0 Å². The molecule has 7 aliphatic rings. The summed E-state index contributed by atoms with van der Waals surface area (Å²) in [5.74, 6) is 0. The van der Waals surface area contributed by atoms with Gasteiger partial charge in [0.25, 0.3) is 6.71 Å². The molecule has 4 heterocycles. The third-order valence-electron chi connectivity index (χ3n) is 23.0. The van der Waals surface area contributed by atoms with Gasteiger partial charge in [0.05, 0.1) is 5.54 Å². The number of nitrogens with zero attached hydrogens (tertiary/aromatic N) is 3. The predicted octanol–water partition coefficient (Wildman–Crippen LogP) is 18.5. The number of benzene rings is 7. The zero-order valence-corrected chi connectivity index (χ0v) is 49.9. The Labute approximate surface area is 472 Å². The second-order valence-corrected chi connectivity index (χ2v) is 30.4. The molecule has 79 heavy (non-hydrogen) atoms. The Hall–Kier alpha value is -6.20. The van der Waals surface area contributed by atoms with E-state index in [-0.39, 0.29) is 50.2 Å². The van der Waals surface area contributed by atoms with Gasteiger partial charge in [0, 0.05) is 61.7 Å². The maximum atomic E-state index is 6.63. The minimum Gasteiger partial charge on any atom is -0.456 e. The van der Waals surface area contributed by atoms with Crippen LogP contribution in [-0.2, 0) is 37.9 Å². The highest BCUT2D eigenvalue weighted by atomic mass is 16.3. The molecular formula is C74H82BN3O. The van der Waals surface area contributed by atoms with Crippen LogP contribution in [0.2, 0.25) is 0 Å². The Balaban J connectivity index is 1.11. The largest absolute Gasteiger partial charge is 0.456 e. The minimum atomic E-state index is -0.135. The molecule has 1 saturated carbocycles. The van der Waals surface area contributed by atoms with Gasteiger partial charge in [0.2, 0.25) is 0 Å². The summed E-state index contributed by atoms with van der Waals surface area (Å²) in [5.41, 5.74) is 27.0. The van der Waals surface area contributed by atoms with Crippen LogP contribution in [0.3, 0.4) is 0 Å². The molecule has 1 aromatic heterocycles. The molecule has 8 aromatic rings. The van der Waals surface area contributed by atoms with E-state index < -0.39 is 0 Å². The Morgan fingerprint density at radius 3 is 1.42 bits per heavy atom. The van der Waals surface area contributed by atoms with Gasteiger partial charge in [-0.15, -0.1) is 0 Å². The van der Waals surface area contributed by atoms with Gasteiger partial charge in [0.1, 0.15) is 11.2 Å². The molecule has 3 aliphatic heterocycles. The van der Waals surface area contributed by atoms with Crippen LogP contribution in [0.5, 0.6) is 0 Å². The van der Waals surface area contributed by atoms with Gasteiger partial charge in [-0.2, -0.15) is 0 Å². The molecule has 0 radical (unpaired) electrons. The number of fused-ring (bicyclic) bond motifs is 13. The molecule has 0 amide bonds. The monoisotopic (exact) mass is 1040 g/mol. The Morgan fingerprint density at radius 1 is 0.354 bits per heavy atom. The summed E-state index contributed by atoms with van der Waals surface area (Å²) < 4.78 is 6.63. The fourth-order valence-electron chi connectivity index (χ4n) is 17.5.